The van der Waals surface area contributed by atoms with Gasteiger partial charge in [0.25, 0.3) is 0 Å². The first-order valence-corrected chi connectivity index (χ1v) is 4.59. The SMILES string of the molecule is Cc1[nH]cnc1C=Cc1ccccc1. The Morgan fingerprint density at radius 3 is 2.57 bits per heavy atom. The van der Waals surface area contributed by atoms with Crippen LogP contribution in [0.25, 0.3) is 12.2 Å². The second kappa shape index (κ2) is 3.92. The maximum atomic E-state index is 4.19. The van der Waals surface area contributed by atoms with Gasteiger partial charge in [0.1, 0.15) is 0 Å². The molecule has 0 aliphatic rings. The number of aromatic amines is 1. The van der Waals surface area contributed by atoms with Gasteiger partial charge in [-0.1, -0.05) is 36.4 Å². The van der Waals surface area contributed by atoms with Gasteiger partial charge in [-0.05, 0) is 18.6 Å². The van der Waals surface area contributed by atoms with Crippen LogP contribution >= 0.6 is 0 Å². The zero-order chi connectivity index (χ0) is 9.80. The molecule has 0 unspecified atom stereocenters. The van der Waals surface area contributed by atoms with Gasteiger partial charge in [-0.2, -0.15) is 0 Å². The Bertz CT molecular complexity index is 427. The topological polar surface area (TPSA) is 28.7 Å². The Morgan fingerprint density at radius 1 is 1.14 bits per heavy atom. The van der Waals surface area contributed by atoms with Crippen LogP contribution in [0.1, 0.15) is 17.0 Å². The van der Waals surface area contributed by atoms with Crippen LogP contribution < -0.4 is 0 Å². The Kier molecular flexibility index (Phi) is 2.45. The molecule has 70 valence electrons. The van der Waals surface area contributed by atoms with E-state index >= 15 is 0 Å². The molecule has 0 spiro atoms. The molecular weight excluding hydrogens is 172 g/mol. The van der Waals surface area contributed by atoms with Crippen LogP contribution in [0.3, 0.4) is 0 Å². The second-order valence-corrected chi connectivity index (χ2v) is 3.16. The molecule has 0 saturated heterocycles. The first kappa shape index (κ1) is 8.75. The minimum Gasteiger partial charge on any atom is -0.348 e. The number of hydrogen-bond donors (Lipinski definition) is 1. The van der Waals surface area contributed by atoms with E-state index < -0.39 is 0 Å². The van der Waals surface area contributed by atoms with Crippen molar-refractivity contribution in [1.82, 2.24) is 9.97 Å². The molecule has 0 aliphatic heterocycles. The predicted molar refractivity (Wildman–Crippen MR) is 58.7 cm³/mol. The largest absolute Gasteiger partial charge is 0.348 e. The van der Waals surface area contributed by atoms with Crippen LogP contribution in [0.5, 0.6) is 0 Å². The highest BCUT2D eigenvalue weighted by molar-refractivity contribution is 5.68. The molecule has 2 rings (SSSR count). The summed E-state index contributed by atoms with van der Waals surface area (Å²) in [4.78, 5) is 7.23. The van der Waals surface area contributed by atoms with E-state index in [1.165, 1.54) is 5.56 Å². The lowest BCUT2D eigenvalue weighted by molar-refractivity contribution is 1.25. The third-order valence-electron chi connectivity index (χ3n) is 2.10. The summed E-state index contributed by atoms with van der Waals surface area (Å²) < 4.78 is 0. The average molecular weight is 184 g/mol. The first-order valence-electron chi connectivity index (χ1n) is 4.59. The number of aryl methyl sites for hydroxylation is 1. The second-order valence-electron chi connectivity index (χ2n) is 3.16. The number of hydrogen-bond acceptors (Lipinski definition) is 1. The van der Waals surface area contributed by atoms with E-state index in [-0.39, 0.29) is 0 Å². The van der Waals surface area contributed by atoms with Gasteiger partial charge < -0.3 is 4.98 Å². The third-order valence-corrected chi connectivity index (χ3v) is 2.10. The molecule has 2 nitrogen and oxygen atoms in total. The molecular formula is C12H12N2. The normalized spacial score (nSPS) is 10.9. The number of rotatable bonds is 2. The maximum Gasteiger partial charge on any atom is 0.0929 e. The quantitative estimate of drug-likeness (QED) is 0.763. The molecule has 0 bridgehead atoms. The molecule has 0 saturated carbocycles. The van der Waals surface area contributed by atoms with E-state index in [0.717, 1.165) is 11.4 Å². The molecule has 2 heteroatoms. The molecule has 1 heterocycles. The van der Waals surface area contributed by atoms with Crippen LogP contribution in [0.4, 0.5) is 0 Å². The van der Waals surface area contributed by atoms with E-state index in [2.05, 4.69) is 28.2 Å². The van der Waals surface area contributed by atoms with Gasteiger partial charge in [0.05, 0.1) is 12.0 Å². The van der Waals surface area contributed by atoms with Crippen molar-refractivity contribution < 1.29 is 0 Å². The number of nitrogens with zero attached hydrogens (tertiary/aromatic N) is 1. The van der Waals surface area contributed by atoms with Crippen LogP contribution in [0.15, 0.2) is 36.7 Å². The fourth-order valence-electron chi connectivity index (χ4n) is 1.28. The molecule has 14 heavy (non-hydrogen) atoms. The Morgan fingerprint density at radius 2 is 1.93 bits per heavy atom. The zero-order valence-corrected chi connectivity index (χ0v) is 8.07. The van der Waals surface area contributed by atoms with Crippen molar-refractivity contribution in [2.75, 3.05) is 0 Å². The summed E-state index contributed by atoms with van der Waals surface area (Å²) in [5, 5.41) is 0. The fourth-order valence-corrected chi connectivity index (χ4v) is 1.28. The number of nitrogens with one attached hydrogen (secondary N) is 1. The van der Waals surface area contributed by atoms with E-state index in [9.17, 15) is 0 Å². The molecule has 1 N–H and O–H groups in total. The zero-order valence-electron chi connectivity index (χ0n) is 8.07. The van der Waals surface area contributed by atoms with Crippen molar-refractivity contribution in [3.63, 3.8) is 0 Å². The monoisotopic (exact) mass is 184 g/mol. The highest BCUT2D eigenvalue weighted by Crippen LogP contribution is 2.07. The Balaban J connectivity index is 2.20. The van der Waals surface area contributed by atoms with Crippen molar-refractivity contribution in [1.29, 1.82) is 0 Å². The van der Waals surface area contributed by atoms with Gasteiger partial charge >= 0.3 is 0 Å². The molecule has 0 fully saturated rings. The summed E-state index contributed by atoms with van der Waals surface area (Å²) in [7, 11) is 0. The lowest BCUT2D eigenvalue weighted by Gasteiger charge is -1.91. The summed E-state index contributed by atoms with van der Waals surface area (Å²) in [5.41, 5.74) is 3.28. The molecule has 1 aromatic heterocycles. The van der Waals surface area contributed by atoms with Gasteiger partial charge in [0.15, 0.2) is 0 Å². The molecule has 0 aliphatic carbocycles. The van der Waals surface area contributed by atoms with Crippen LogP contribution in [-0.2, 0) is 0 Å². The van der Waals surface area contributed by atoms with E-state index in [0.29, 0.717) is 0 Å². The van der Waals surface area contributed by atoms with E-state index in [1.807, 2.05) is 31.2 Å². The van der Waals surface area contributed by atoms with Gasteiger partial charge in [-0.25, -0.2) is 4.98 Å². The molecule has 0 atom stereocenters. The summed E-state index contributed by atoms with van der Waals surface area (Å²) in [6.07, 6.45) is 5.78. The molecule has 0 radical (unpaired) electrons. The number of benzene rings is 1. The van der Waals surface area contributed by atoms with Gasteiger partial charge in [0.2, 0.25) is 0 Å². The lowest BCUT2D eigenvalue weighted by Crippen LogP contribution is -1.76. The van der Waals surface area contributed by atoms with E-state index in [1.54, 1.807) is 6.33 Å². The van der Waals surface area contributed by atoms with Crippen molar-refractivity contribution >= 4 is 12.2 Å². The molecule has 2 aromatic rings. The Hall–Kier alpha value is -1.83. The fraction of sp³-hybridized carbons (Fsp3) is 0.0833. The van der Waals surface area contributed by atoms with Crippen LogP contribution in [0, 0.1) is 6.92 Å². The van der Waals surface area contributed by atoms with Crippen LogP contribution in [-0.4, -0.2) is 9.97 Å². The molecule has 1 aromatic carbocycles. The standard InChI is InChI=1S/C12H12N2/c1-10-12(14-9-13-10)8-7-11-5-3-2-4-6-11/h2-9H,1H3,(H,13,14). The summed E-state index contributed by atoms with van der Waals surface area (Å²) in [6, 6.07) is 10.2. The van der Waals surface area contributed by atoms with Gasteiger partial charge in [0, 0.05) is 5.69 Å². The summed E-state index contributed by atoms with van der Waals surface area (Å²) >= 11 is 0. The molecule has 0 amide bonds. The third kappa shape index (κ3) is 1.91. The minimum absolute atomic E-state index is 0.994. The van der Waals surface area contributed by atoms with Gasteiger partial charge in [-0.15, -0.1) is 0 Å². The lowest BCUT2D eigenvalue weighted by atomic mass is 10.2. The van der Waals surface area contributed by atoms with Crippen molar-refractivity contribution in [3.8, 4) is 0 Å². The Labute approximate surface area is 83.3 Å². The van der Waals surface area contributed by atoms with Crippen LogP contribution in [0.2, 0.25) is 0 Å². The average Bonchev–Trinajstić information content (AvgIpc) is 2.63. The maximum absolute atomic E-state index is 4.19. The van der Waals surface area contributed by atoms with Crippen molar-refractivity contribution in [2.24, 2.45) is 0 Å². The van der Waals surface area contributed by atoms with Crippen molar-refractivity contribution in [3.05, 3.63) is 53.6 Å². The summed E-state index contributed by atoms with van der Waals surface area (Å²) in [5.74, 6) is 0. The first-order chi connectivity index (χ1) is 6.86. The smallest absolute Gasteiger partial charge is 0.0929 e. The van der Waals surface area contributed by atoms with E-state index in [4.69, 9.17) is 0 Å². The highest BCUT2D eigenvalue weighted by atomic mass is 14.9. The minimum atomic E-state index is 0.994. The highest BCUT2D eigenvalue weighted by Gasteiger charge is 1.93. The number of imidazole rings is 1. The summed E-state index contributed by atoms with van der Waals surface area (Å²) in [6.45, 7) is 2.01. The number of H-pyrrole nitrogens is 1. The van der Waals surface area contributed by atoms with Gasteiger partial charge in [-0.3, -0.25) is 0 Å². The van der Waals surface area contributed by atoms with Crippen molar-refractivity contribution in [2.45, 2.75) is 6.92 Å². The predicted octanol–water partition coefficient (Wildman–Crippen LogP) is 2.89. The number of aromatic nitrogens is 2.